The van der Waals surface area contributed by atoms with E-state index in [1.807, 2.05) is 0 Å². The second-order valence-corrected chi connectivity index (χ2v) is 6.82. The Morgan fingerprint density at radius 3 is 2.09 bits per heavy atom. The number of allylic oxidation sites excluding steroid dienone is 1. The van der Waals surface area contributed by atoms with Crippen molar-refractivity contribution in [3.8, 4) is 0 Å². The number of amides is 1. The zero-order valence-electron chi connectivity index (χ0n) is 14.5. The van der Waals surface area contributed by atoms with E-state index in [4.69, 9.17) is 9.47 Å². The van der Waals surface area contributed by atoms with Crippen molar-refractivity contribution in [2.45, 2.75) is 40.2 Å². The van der Waals surface area contributed by atoms with Gasteiger partial charge < -0.3 is 14.6 Å². The van der Waals surface area contributed by atoms with Crippen LogP contribution in [0, 0.1) is 16.7 Å². The Labute approximate surface area is 136 Å². The summed E-state index contributed by atoms with van der Waals surface area (Å²) in [6.45, 7) is 6.59. The number of rotatable bonds is 4. The van der Waals surface area contributed by atoms with Crippen LogP contribution >= 0.6 is 0 Å². The molecule has 0 saturated carbocycles. The first-order chi connectivity index (χ1) is 10.5. The van der Waals surface area contributed by atoms with Crippen molar-refractivity contribution in [1.29, 1.82) is 0 Å². The molecule has 1 rings (SSSR count). The van der Waals surface area contributed by atoms with Gasteiger partial charge in [0.05, 0.1) is 31.1 Å². The van der Waals surface area contributed by atoms with Crippen molar-refractivity contribution < 1.29 is 29.0 Å². The second-order valence-electron chi connectivity index (χ2n) is 6.82. The van der Waals surface area contributed by atoms with E-state index in [0.29, 0.717) is 6.42 Å². The van der Waals surface area contributed by atoms with Crippen LogP contribution in [0.25, 0.3) is 0 Å². The summed E-state index contributed by atoms with van der Waals surface area (Å²) in [6, 6.07) is -0.573. The number of hydrogen-bond acceptors (Lipinski definition) is 5. The summed E-state index contributed by atoms with van der Waals surface area (Å²) in [5.74, 6) is -1.75. The maximum Gasteiger partial charge on any atom is 0.413 e. The molecule has 1 N–H and O–H groups in total. The van der Waals surface area contributed by atoms with Crippen LogP contribution in [0.4, 0.5) is 4.79 Å². The molecule has 1 heterocycles. The highest BCUT2D eigenvalue weighted by Gasteiger charge is 2.48. The van der Waals surface area contributed by atoms with Gasteiger partial charge in [-0.05, 0) is 40.0 Å². The van der Waals surface area contributed by atoms with Crippen molar-refractivity contribution in [3.05, 3.63) is 12.3 Å². The van der Waals surface area contributed by atoms with Crippen molar-refractivity contribution in [1.82, 2.24) is 4.90 Å². The minimum Gasteiger partial charge on any atom is -0.481 e. The summed E-state index contributed by atoms with van der Waals surface area (Å²) in [5, 5.41) is 9.43. The number of nitrogens with zero attached hydrogens (tertiary/aromatic N) is 1. The minimum atomic E-state index is -1.02. The first kappa shape index (κ1) is 19.0. The Morgan fingerprint density at radius 1 is 1.09 bits per heavy atom. The van der Waals surface area contributed by atoms with Crippen LogP contribution in [-0.2, 0) is 19.1 Å². The predicted octanol–water partition coefficient (Wildman–Crippen LogP) is 2.27. The number of carbonyl (C=O) groups is 3. The Morgan fingerprint density at radius 2 is 1.65 bits per heavy atom. The molecule has 0 saturated heterocycles. The maximum absolute atomic E-state index is 12.1. The summed E-state index contributed by atoms with van der Waals surface area (Å²) in [5.41, 5.74) is -2.04. The van der Waals surface area contributed by atoms with Crippen LogP contribution < -0.4 is 0 Å². The molecule has 1 aliphatic rings. The van der Waals surface area contributed by atoms with Gasteiger partial charge in [0.1, 0.15) is 0 Å². The first-order valence-electron chi connectivity index (χ1n) is 7.36. The quantitative estimate of drug-likeness (QED) is 0.796. The average molecular weight is 327 g/mol. The average Bonchev–Trinajstić information content (AvgIpc) is 2.52. The van der Waals surface area contributed by atoms with Gasteiger partial charge in [-0.15, -0.1) is 0 Å². The number of esters is 1. The van der Waals surface area contributed by atoms with Gasteiger partial charge in [0.15, 0.2) is 0 Å². The zero-order valence-corrected chi connectivity index (χ0v) is 14.5. The largest absolute Gasteiger partial charge is 0.481 e. The molecular weight excluding hydrogens is 302 g/mol. The maximum atomic E-state index is 12.1. The van der Waals surface area contributed by atoms with Crippen molar-refractivity contribution >= 4 is 18.0 Å². The summed E-state index contributed by atoms with van der Waals surface area (Å²) >= 11 is 0. The lowest BCUT2D eigenvalue weighted by atomic mass is 9.69. The van der Waals surface area contributed by atoms with E-state index in [9.17, 15) is 19.5 Å². The molecule has 0 aromatic heterocycles. The molecule has 0 unspecified atom stereocenters. The highest BCUT2D eigenvalue weighted by atomic mass is 16.5. The fraction of sp³-hybridized carbons (Fsp3) is 0.688. The molecule has 0 aromatic rings. The third-order valence-electron chi connectivity index (χ3n) is 4.70. The van der Waals surface area contributed by atoms with Crippen LogP contribution in [0.2, 0.25) is 0 Å². The molecule has 1 amide bonds. The van der Waals surface area contributed by atoms with Crippen LogP contribution in [0.1, 0.15) is 34.1 Å². The fourth-order valence-corrected chi connectivity index (χ4v) is 2.76. The molecule has 7 heteroatoms. The van der Waals surface area contributed by atoms with E-state index in [1.54, 1.807) is 33.8 Å². The van der Waals surface area contributed by atoms with E-state index in [2.05, 4.69) is 0 Å². The number of methoxy groups -OCH3 is 2. The molecule has 23 heavy (non-hydrogen) atoms. The summed E-state index contributed by atoms with van der Waals surface area (Å²) in [6.07, 6.45) is 2.89. The number of aliphatic carboxylic acids is 1. The molecule has 0 spiro atoms. The predicted molar refractivity (Wildman–Crippen MR) is 82.5 cm³/mol. The normalized spacial score (nSPS) is 21.7. The second kappa shape index (κ2) is 6.60. The summed E-state index contributed by atoms with van der Waals surface area (Å²) in [4.78, 5) is 37.0. The molecule has 0 bridgehead atoms. The number of hydrogen-bond donors (Lipinski definition) is 1. The molecule has 1 aliphatic heterocycles. The third-order valence-corrected chi connectivity index (χ3v) is 4.70. The SMILES string of the molecule is COC(=O)N1C=C[C@@H](C(C)(C)C(=O)O)C[C@@H]1C(C)(C)C(=O)OC. The number of carbonyl (C=O) groups excluding carboxylic acids is 2. The highest BCUT2D eigenvalue weighted by molar-refractivity contribution is 5.79. The molecule has 2 atom stereocenters. The van der Waals surface area contributed by atoms with Crippen molar-refractivity contribution in [2.75, 3.05) is 14.2 Å². The standard InChI is InChI=1S/C16H25NO6/c1-15(2,12(18)19)10-7-8-17(14(21)23-6)11(9-10)16(3,4)13(20)22-5/h7-8,10-11H,9H2,1-6H3,(H,18,19)/t10-,11-/m1/s1. The first-order valence-corrected chi connectivity index (χ1v) is 7.36. The van der Waals surface area contributed by atoms with Gasteiger partial charge in [-0.1, -0.05) is 6.08 Å². The third kappa shape index (κ3) is 3.48. The van der Waals surface area contributed by atoms with Crippen LogP contribution in [-0.4, -0.2) is 48.3 Å². The lowest BCUT2D eigenvalue weighted by Gasteiger charge is -2.44. The van der Waals surface area contributed by atoms with Crippen molar-refractivity contribution in [2.24, 2.45) is 16.7 Å². The lowest BCUT2D eigenvalue weighted by Crippen LogP contribution is -2.53. The van der Waals surface area contributed by atoms with Gasteiger partial charge in [-0.3, -0.25) is 14.5 Å². The van der Waals surface area contributed by atoms with E-state index in [0.717, 1.165) is 0 Å². The van der Waals surface area contributed by atoms with Crippen LogP contribution in [0.5, 0.6) is 0 Å². The topological polar surface area (TPSA) is 93.1 Å². The lowest BCUT2D eigenvalue weighted by molar-refractivity contribution is -0.155. The van der Waals surface area contributed by atoms with E-state index in [1.165, 1.54) is 25.3 Å². The molecular formula is C16H25NO6. The number of carboxylic acid groups (broad SMARTS) is 1. The van der Waals surface area contributed by atoms with E-state index < -0.39 is 34.9 Å². The van der Waals surface area contributed by atoms with Gasteiger partial charge in [0.2, 0.25) is 0 Å². The number of ether oxygens (including phenoxy) is 2. The molecule has 0 radical (unpaired) electrons. The summed E-state index contributed by atoms with van der Waals surface area (Å²) < 4.78 is 9.60. The fourth-order valence-electron chi connectivity index (χ4n) is 2.76. The Balaban J connectivity index is 3.27. The van der Waals surface area contributed by atoms with Gasteiger partial charge in [0, 0.05) is 6.20 Å². The summed E-state index contributed by atoms with van der Waals surface area (Å²) in [7, 11) is 2.54. The molecule has 0 fully saturated rings. The number of carboxylic acids is 1. The Hall–Kier alpha value is -2.05. The smallest absolute Gasteiger partial charge is 0.413 e. The van der Waals surface area contributed by atoms with Gasteiger partial charge in [0.25, 0.3) is 0 Å². The molecule has 0 aliphatic carbocycles. The minimum absolute atomic E-state index is 0.313. The van der Waals surface area contributed by atoms with Crippen molar-refractivity contribution in [3.63, 3.8) is 0 Å². The zero-order chi connectivity index (χ0) is 18.0. The monoisotopic (exact) mass is 327 g/mol. The molecule has 130 valence electrons. The molecule has 0 aromatic carbocycles. The Bertz CT molecular complexity index is 523. The van der Waals surface area contributed by atoms with Gasteiger partial charge in [-0.25, -0.2) is 4.79 Å². The van der Waals surface area contributed by atoms with E-state index in [-0.39, 0.29) is 5.92 Å². The van der Waals surface area contributed by atoms with Gasteiger partial charge >= 0.3 is 18.0 Å². The highest BCUT2D eigenvalue weighted by Crippen LogP contribution is 2.41. The molecule has 7 nitrogen and oxygen atoms in total. The van der Waals surface area contributed by atoms with E-state index >= 15 is 0 Å². The van der Waals surface area contributed by atoms with Crippen LogP contribution in [0.15, 0.2) is 12.3 Å². The Kier molecular flexibility index (Phi) is 5.45. The van der Waals surface area contributed by atoms with Gasteiger partial charge in [-0.2, -0.15) is 0 Å². The van der Waals surface area contributed by atoms with Crippen LogP contribution in [0.3, 0.4) is 0 Å².